The summed E-state index contributed by atoms with van der Waals surface area (Å²) in [6, 6.07) is 6.48. The summed E-state index contributed by atoms with van der Waals surface area (Å²) in [6.45, 7) is 8.45. The van der Waals surface area contributed by atoms with Crippen molar-refractivity contribution in [3.05, 3.63) is 53.8 Å². The Balaban J connectivity index is 0.000000280. The van der Waals surface area contributed by atoms with Crippen LogP contribution < -0.4 is 5.32 Å². The zero-order valence-electron chi connectivity index (χ0n) is 17.7. The molecule has 4 rings (SSSR count). The molecule has 0 spiro atoms. The molecule has 2 aromatic heterocycles. The van der Waals surface area contributed by atoms with Gasteiger partial charge in [0, 0.05) is 12.4 Å². The summed E-state index contributed by atoms with van der Waals surface area (Å²) in [4.78, 5) is 17.5. The molecule has 0 saturated carbocycles. The first kappa shape index (κ1) is 22.6. The molecule has 0 radical (unpaired) electrons. The SMILES string of the molecule is CC.CN1CCCCC1.Cc1ccc(Nc2c(C=O)oc3ccncc23)c(F)c1. The molecule has 5 nitrogen and oxygen atoms in total. The number of pyridine rings is 1. The molecule has 0 amide bonds. The molecule has 3 aromatic rings. The molecule has 6 heteroatoms. The lowest BCUT2D eigenvalue weighted by Crippen LogP contribution is -2.24. The summed E-state index contributed by atoms with van der Waals surface area (Å²) in [7, 11) is 2.19. The Labute approximate surface area is 171 Å². The fraction of sp³-hybridized carbons (Fsp3) is 0.391. The number of nitrogens with one attached hydrogen (secondary N) is 1. The number of piperidine rings is 1. The molecule has 156 valence electrons. The molecule has 1 N–H and O–H groups in total. The summed E-state index contributed by atoms with van der Waals surface area (Å²) in [5.74, 6) is -0.270. The van der Waals surface area contributed by atoms with E-state index in [0.717, 1.165) is 5.56 Å². The number of nitrogens with zero attached hydrogens (tertiary/aromatic N) is 2. The Morgan fingerprint density at radius 2 is 1.90 bits per heavy atom. The predicted octanol–water partition coefficient (Wildman–Crippen LogP) is 5.96. The third-order valence-electron chi connectivity index (χ3n) is 4.59. The second-order valence-corrected chi connectivity index (χ2v) is 6.80. The number of rotatable bonds is 3. The van der Waals surface area contributed by atoms with E-state index >= 15 is 0 Å². The van der Waals surface area contributed by atoms with E-state index in [-0.39, 0.29) is 17.3 Å². The maximum atomic E-state index is 13.9. The van der Waals surface area contributed by atoms with E-state index in [1.165, 1.54) is 38.4 Å². The highest BCUT2D eigenvalue weighted by Gasteiger charge is 2.15. The van der Waals surface area contributed by atoms with Crippen LogP contribution in [0.5, 0.6) is 0 Å². The van der Waals surface area contributed by atoms with Gasteiger partial charge in [-0.3, -0.25) is 9.78 Å². The van der Waals surface area contributed by atoms with Gasteiger partial charge >= 0.3 is 0 Å². The van der Waals surface area contributed by atoms with E-state index in [1.54, 1.807) is 37.5 Å². The lowest BCUT2D eigenvalue weighted by Gasteiger charge is -2.20. The van der Waals surface area contributed by atoms with Crippen molar-refractivity contribution >= 4 is 28.6 Å². The molecule has 1 fully saturated rings. The van der Waals surface area contributed by atoms with E-state index in [9.17, 15) is 9.18 Å². The lowest BCUT2D eigenvalue weighted by molar-refractivity contribution is 0.110. The molecular formula is C23H30FN3O2. The first-order valence-corrected chi connectivity index (χ1v) is 10.1. The van der Waals surface area contributed by atoms with Crippen molar-refractivity contribution in [3.8, 4) is 0 Å². The first-order valence-electron chi connectivity index (χ1n) is 10.1. The number of benzene rings is 1. The van der Waals surface area contributed by atoms with Crippen LogP contribution in [0.25, 0.3) is 11.0 Å². The van der Waals surface area contributed by atoms with Gasteiger partial charge in [-0.25, -0.2) is 4.39 Å². The number of anilines is 2. The highest BCUT2D eigenvalue weighted by Crippen LogP contribution is 2.32. The van der Waals surface area contributed by atoms with E-state index in [1.807, 2.05) is 13.8 Å². The van der Waals surface area contributed by atoms with Crippen molar-refractivity contribution in [2.75, 3.05) is 25.5 Å². The van der Waals surface area contributed by atoms with Crippen LogP contribution in [-0.2, 0) is 0 Å². The van der Waals surface area contributed by atoms with Gasteiger partial charge in [0.15, 0.2) is 12.0 Å². The van der Waals surface area contributed by atoms with Crippen LogP contribution in [0, 0.1) is 12.7 Å². The van der Waals surface area contributed by atoms with Gasteiger partial charge in [0.05, 0.1) is 16.8 Å². The third-order valence-corrected chi connectivity index (χ3v) is 4.59. The monoisotopic (exact) mass is 399 g/mol. The molecule has 1 aromatic carbocycles. The smallest absolute Gasteiger partial charge is 0.191 e. The number of aromatic nitrogens is 1. The molecule has 0 aliphatic carbocycles. The maximum Gasteiger partial charge on any atom is 0.191 e. The maximum absolute atomic E-state index is 13.9. The molecule has 29 heavy (non-hydrogen) atoms. The number of aryl methyl sites for hydroxylation is 1. The number of carbonyl (C=O) groups excluding carboxylic acids is 1. The normalized spacial score (nSPS) is 13.7. The lowest BCUT2D eigenvalue weighted by atomic mass is 10.1. The van der Waals surface area contributed by atoms with Gasteiger partial charge in [-0.15, -0.1) is 0 Å². The average Bonchev–Trinajstić information content (AvgIpc) is 3.10. The molecule has 0 unspecified atom stereocenters. The minimum atomic E-state index is -0.389. The summed E-state index contributed by atoms with van der Waals surface area (Å²) in [5.41, 5.74) is 2.05. The number of halogens is 1. The zero-order valence-corrected chi connectivity index (χ0v) is 17.7. The molecule has 3 heterocycles. The first-order chi connectivity index (χ1) is 14.1. The van der Waals surface area contributed by atoms with Crippen molar-refractivity contribution in [2.24, 2.45) is 0 Å². The quantitative estimate of drug-likeness (QED) is 0.551. The summed E-state index contributed by atoms with van der Waals surface area (Å²) >= 11 is 0. The van der Waals surface area contributed by atoms with Crippen LogP contribution in [0.15, 0.2) is 41.1 Å². The van der Waals surface area contributed by atoms with Crippen LogP contribution >= 0.6 is 0 Å². The molecule has 1 aliphatic rings. The number of hydrogen-bond donors (Lipinski definition) is 1. The van der Waals surface area contributed by atoms with Gasteiger partial charge in [-0.1, -0.05) is 26.3 Å². The van der Waals surface area contributed by atoms with E-state index < -0.39 is 0 Å². The Bertz CT molecular complexity index is 918. The predicted molar refractivity (Wildman–Crippen MR) is 117 cm³/mol. The molecule has 0 bridgehead atoms. The van der Waals surface area contributed by atoms with Crippen LogP contribution in [-0.4, -0.2) is 36.3 Å². The van der Waals surface area contributed by atoms with E-state index in [2.05, 4.69) is 22.2 Å². The van der Waals surface area contributed by atoms with Crippen molar-refractivity contribution < 1.29 is 13.6 Å². The third kappa shape index (κ3) is 6.12. The highest BCUT2D eigenvalue weighted by molar-refractivity contribution is 6.00. The van der Waals surface area contributed by atoms with Crippen molar-refractivity contribution in [1.29, 1.82) is 0 Å². The van der Waals surface area contributed by atoms with Crippen molar-refractivity contribution in [3.63, 3.8) is 0 Å². The van der Waals surface area contributed by atoms with Gasteiger partial charge in [0.2, 0.25) is 0 Å². The minimum Gasteiger partial charge on any atom is -0.451 e. The highest BCUT2D eigenvalue weighted by atomic mass is 19.1. The molecule has 1 saturated heterocycles. The van der Waals surface area contributed by atoms with Crippen molar-refractivity contribution in [1.82, 2.24) is 9.88 Å². The van der Waals surface area contributed by atoms with E-state index in [0.29, 0.717) is 22.9 Å². The summed E-state index contributed by atoms with van der Waals surface area (Å²) in [6.07, 6.45) is 8.00. The number of fused-ring (bicyclic) bond motifs is 1. The largest absolute Gasteiger partial charge is 0.451 e. The van der Waals surface area contributed by atoms with Crippen LogP contribution in [0.3, 0.4) is 0 Å². The fourth-order valence-corrected chi connectivity index (χ4v) is 3.08. The Morgan fingerprint density at radius 3 is 2.48 bits per heavy atom. The molecule has 1 aliphatic heterocycles. The Hall–Kier alpha value is -2.73. The second kappa shape index (κ2) is 11.3. The standard InChI is InChI=1S/C15H11FN2O2.C6H13N.C2H6/c1-9-2-3-12(11(16)6-9)18-15-10-7-17-5-4-13(10)20-14(15)8-19;1-7-5-3-2-4-6-7;1-2/h2-8,18H,1H3;2-6H2,1H3;1-2H3. The van der Waals surface area contributed by atoms with Crippen LogP contribution in [0.2, 0.25) is 0 Å². The summed E-state index contributed by atoms with van der Waals surface area (Å²) < 4.78 is 19.3. The molecule has 0 atom stereocenters. The second-order valence-electron chi connectivity index (χ2n) is 6.80. The van der Waals surface area contributed by atoms with Crippen LogP contribution in [0.4, 0.5) is 15.8 Å². The van der Waals surface area contributed by atoms with Crippen LogP contribution in [0.1, 0.15) is 49.2 Å². The average molecular weight is 400 g/mol. The van der Waals surface area contributed by atoms with Gasteiger partial charge < -0.3 is 14.6 Å². The van der Waals surface area contributed by atoms with Gasteiger partial charge in [-0.2, -0.15) is 0 Å². The van der Waals surface area contributed by atoms with Gasteiger partial charge in [0.1, 0.15) is 11.4 Å². The number of aldehydes is 1. The number of hydrogen-bond acceptors (Lipinski definition) is 5. The topological polar surface area (TPSA) is 58.4 Å². The van der Waals surface area contributed by atoms with Gasteiger partial charge in [-0.05, 0) is 63.7 Å². The number of furan rings is 1. The minimum absolute atomic E-state index is 0.118. The van der Waals surface area contributed by atoms with Crippen molar-refractivity contribution in [2.45, 2.75) is 40.0 Å². The van der Waals surface area contributed by atoms with E-state index in [4.69, 9.17) is 4.42 Å². The zero-order chi connectivity index (χ0) is 21.2. The fourth-order valence-electron chi connectivity index (χ4n) is 3.08. The number of carbonyl (C=O) groups is 1. The molecular weight excluding hydrogens is 369 g/mol. The number of likely N-dealkylation sites (tertiary alicyclic amines) is 1. The summed E-state index contributed by atoms with van der Waals surface area (Å²) in [5, 5.41) is 3.54. The van der Waals surface area contributed by atoms with Gasteiger partial charge in [0.25, 0.3) is 0 Å². The Morgan fingerprint density at radius 1 is 1.17 bits per heavy atom. The Kier molecular flexibility index (Phi) is 8.80.